The first kappa shape index (κ1) is 10.5. The van der Waals surface area contributed by atoms with Crippen LogP contribution in [0.15, 0.2) is 22.8 Å². The Labute approximate surface area is 86.2 Å². The normalized spacial score (nSPS) is 12.5. The number of hydrogen-bond acceptors (Lipinski definition) is 3. The Morgan fingerprint density at radius 1 is 1.54 bits per heavy atom. The van der Waals surface area contributed by atoms with E-state index in [4.69, 9.17) is 9.47 Å². The highest BCUT2D eigenvalue weighted by Crippen LogP contribution is 2.12. The van der Waals surface area contributed by atoms with Gasteiger partial charge < -0.3 is 9.47 Å². The van der Waals surface area contributed by atoms with Gasteiger partial charge in [-0.25, -0.2) is 4.98 Å². The molecule has 1 atom stereocenters. The van der Waals surface area contributed by atoms with Crippen LogP contribution in [0.4, 0.5) is 0 Å². The first-order valence-corrected chi connectivity index (χ1v) is 4.79. The van der Waals surface area contributed by atoms with Crippen LogP contribution in [-0.2, 0) is 4.74 Å². The summed E-state index contributed by atoms with van der Waals surface area (Å²) in [6, 6.07) is 3.70. The van der Waals surface area contributed by atoms with Crippen molar-refractivity contribution < 1.29 is 9.47 Å². The molecule has 0 aromatic carbocycles. The molecule has 0 fully saturated rings. The van der Waals surface area contributed by atoms with E-state index in [-0.39, 0.29) is 6.10 Å². The highest BCUT2D eigenvalue weighted by atomic mass is 79.9. The van der Waals surface area contributed by atoms with Crippen LogP contribution < -0.4 is 4.74 Å². The summed E-state index contributed by atoms with van der Waals surface area (Å²) in [6.45, 7) is 2.46. The van der Waals surface area contributed by atoms with Gasteiger partial charge in [0.1, 0.15) is 6.61 Å². The first-order valence-electron chi connectivity index (χ1n) is 3.99. The van der Waals surface area contributed by atoms with Crippen LogP contribution in [0.3, 0.4) is 0 Å². The van der Waals surface area contributed by atoms with Crippen LogP contribution in [0, 0.1) is 0 Å². The second-order valence-electron chi connectivity index (χ2n) is 2.67. The fourth-order valence-corrected chi connectivity index (χ4v) is 0.953. The van der Waals surface area contributed by atoms with Gasteiger partial charge in [-0.1, -0.05) is 0 Å². The minimum Gasteiger partial charge on any atom is -0.475 e. The number of rotatable bonds is 4. The van der Waals surface area contributed by atoms with E-state index >= 15 is 0 Å². The molecule has 0 aliphatic heterocycles. The lowest BCUT2D eigenvalue weighted by atomic mass is 10.4. The topological polar surface area (TPSA) is 31.4 Å². The van der Waals surface area contributed by atoms with Crippen molar-refractivity contribution in [3.05, 3.63) is 22.8 Å². The Bertz CT molecular complexity index is 250. The molecular weight excluding hydrogens is 234 g/mol. The Kier molecular flexibility index (Phi) is 4.18. The lowest BCUT2D eigenvalue weighted by molar-refractivity contribution is 0.0699. The van der Waals surface area contributed by atoms with Gasteiger partial charge in [-0.3, -0.25) is 0 Å². The number of pyridine rings is 1. The minimum atomic E-state index is 0.0884. The molecule has 0 amide bonds. The number of halogens is 1. The molecule has 0 aliphatic rings. The summed E-state index contributed by atoms with van der Waals surface area (Å²) in [5, 5.41) is 0. The second-order valence-corrected chi connectivity index (χ2v) is 3.59. The lowest BCUT2D eigenvalue weighted by Crippen LogP contribution is -2.16. The summed E-state index contributed by atoms with van der Waals surface area (Å²) in [4.78, 5) is 4.06. The monoisotopic (exact) mass is 245 g/mol. The SMILES string of the molecule is CO[C@@H](C)COc1ccc(Br)cn1. The van der Waals surface area contributed by atoms with Crippen molar-refractivity contribution in [2.75, 3.05) is 13.7 Å². The maximum atomic E-state index is 5.36. The Hall–Kier alpha value is -0.610. The maximum Gasteiger partial charge on any atom is 0.213 e. The van der Waals surface area contributed by atoms with Gasteiger partial charge in [0.2, 0.25) is 5.88 Å². The van der Waals surface area contributed by atoms with Crippen LogP contribution in [-0.4, -0.2) is 24.8 Å². The zero-order chi connectivity index (χ0) is 9.68. The van der Waals surface area contributed by atoms with Gasteiger partial charge in [0, 0.05) is 23.8 Å². The highest BCUT2D eigenvalue weighted by molar-refractivity contribution is 9.10. The first-order chi connectivity index (χ1) is 6.22. The molecular formula is C9H12BrNO2. The number of methoxy groups -OCH3 is 1. The fraction of sp³-hybridized carbons (Fsp3) is 0.444. The third kappa shape index (κ3) is 3.74. The molecule has 3 nitrogen and oxygen atoms in total. The Balaban J connectivity index is 2.41. The molecule has 13 heavy (non-hydrogen) atoms. The summed E-state index contributed by atoms with van der Waals surface area (Å²) >= 11 is 3.30. The standard InChI is InChI=1S/C9H12BrNO2/c1-7(12-2)6-13-9-4-3-8(10)5-11-9/h3-5,7H,6H2,1-2H3/t7-/m0/s1. The zero-order valence-corrected chi connectivity index (χ0v) is 9.24. The Morgan fingerprint density at radius 2 is 2.31 bits per heavy atom. The average Bonchev–Trinajstić information content (AvgIpc) is 2.16. The molecule has 1 rings (SSSR count). The highest BCUT2D eigenvalue weighted by Gasteiger charge is 2.00. The van der Waals surface area contributed by atoms with Gasteiger partial charge in [-0.2, -0.15) is 0 Å². The van der Waals surface area contributed by atoms with E-state index in [0.29, 0.717) is 12.5 Å². The van der Waals surface area contributed by atoms with Gasteiger partial charge >= 0.3 is 0 Å². The molecule has 0 saturated carbocycles. The van der Waals surface area contributed by atoms with Crippen molar-refractivity contribution in [1.29, 1.82) is 0 Å². The number of aromatic nitrogens is 1. The predicted molar refractivity (Wildman–Crippen MR) is 53.9 cm³/mol. The minimum absolute atomic E-state index is 0.0884. The molecule has 0 saturated heterocycles. The average molecular weight is 246 g/mol. The predicted octanol–water partition coefficient (Wildman–Crippen LogP) is 2.26. The summed E-state index contributed by atoms with van der Waals surface area (Å²) in [5.74, 6) is 0.618. The third-order valence-corrected chi connectivity index (χ3v) is 2.04. The van der Waals surface area contributed by atoms with E-state index in [1.54, 1.807) is 13.3 Å². The van der Waals surface area contributed by atoms with Crippen molar-refractivity contribution in [3.63, 3.8) is 0 Å². The van der Waals surface area contributed by atoms with Crippen molar-refractivity contribution >= 4 is 15.9 Å². The van der Waals surface area contributed by atoms with E-state index in [1.807, 2.05) is 19.1 Å². The second kappa shape index (κ2) is 5.19. The van der Waals surface area contributed by atoms with Crippen molar-refractivity contribution in [3.8, 4) is 5.88 Å². The van der Waals surface area contributed by atoms with Gasteiger partial charge in [0.15, 0.2) is 0 Å². The smallest absolute Gasteiger partial charge is 0.213 e. The van der Waals surface area contributed by atoms with E-state index in [2.05, 4.69) is 20.9 Å². The molecule has 0 spiro atoms. The van der Waals surface area contributed by atoms with Gasteiger partial charge in [0.25, 0.3) is 0 Å². The van der Waals surface area contributed by atoms with Crippen molar-refractivity contribution in [2.24, 2.45) is 0 Å². The Morgan fingerprint density at radius 3 is 2.85 bits per heavy atom. The van der Waals surface area contributed by atoms with Crippen molar-refractivity contribution in [1.82, 2.24) is 4.98 Å². The number of nitrogens with zero attached hydrogens (tertiary/aromatic N) is 1. The van der Waals surface area contributed by atoms with E-state index in [0.717, 1.165) is 4.47 Å². The molecule has 1 aromatic rings. The molecule has 0 aliphatic carbocycles. The fourth-order valence-electron chi connectivity index (χ4n) is 0.718. The van der Waals surface area contributed by atoms with Crippen LogP contribution >= 0.6 is 15.9 Å². The van der Waals surface area contributed by atoms with E-state index in [9.17, 15) is 0 Å². The van der Waals surface area contributed by atoms with Crippen LogP contribution in [0.1, 0.15) is 6.92 Å². The summed E-state index contributed by atoms with van der Waals surface area (Å²) in [6.07, 6.45) is 1.79. The zero-order valence-electron chi connectivity index (χ0n) is 7.66. The third-order valence-electron chi connectivity index (χ3n) is 1.57. The molecule has 0 radical (unpaired) electrons. The van der Waals surface area contributed by atoms with Crippen LogP contribution in [0.25, 0.3) is 0 Å². The quantitative estimate of drug-likeness (QED) is 0.816. The molecule has 1 aromatic heterocycles. The van der Waals surface area contributed by atoms with Crippen molar-refractivity contribution in [2.45, 2.75) is 13.0 Å². The molecule has 72 valence electrons. The van der Waals surface area contributed by atoms with Crippen LogP contribution in [0.2, 0.25) is 0 Å². The summed E-state index contributed by atoms with van der Waals surface area (Å²) in [7, 11) is 1.66. The van der Waals surface area contributed by atoms with E-state index in [1.165, 1.54) is 0 Å². The van der Waals surface area contributed by atoms with Gasteiger partial charge in [-0.15, -0.1) is 0 Å². The molecule has 0 N–H and O–H groups in total. The summed E-state index contributed by atoms with van der Waals surface area (Å²) in [5.41, 5.74) is 0. The maximum absolute atomic E-state index is 5.36. The largest absolute Gasteiger partial charge is 0.475 e. The van der Waals surface area contributed by atoms with Gasteiger partial charge in [-0.05, 0) is 28.9 Å². The van der Waals surface area contributed by atoms with Crippen LogP contribution in [0.5, 0.6) is 5.88 Å². The molecule has 0 bridgehead atoms. The lowest BCUT2D eigenvalue weighted by Gasteiger charge is -2.10. The molecule has 0 unspecified atom stereocenters. The number of ether oxygens (including phenoxy) is 2. The number of hydrogen-bond donors (Lipinski definition) is 0. The van der Waals surface area contributed by atoms with Gasteiger partial charge in [0.05, 0.1) is 6.10 Å². The molecule has 1 heterocycles. The summed E-state index contributed by atoms with van der Waals surface area (Å²) < 4.78 is 11.3. The van der Waals surface area contributed by atoms with E-state index < -0.39 is 0 Å². The molecule has 4 heteroatoms.